The van der Waals surface area contributed by atoms with E-state index in [1.54, 1.807) is 40.1 Å². The summed E-state index contributed by atoms with van der Waals surface area (Å²) >= 11 is 0. The second-order valence-electron chi connectivity index (χ2n) is 6.27. The minimum absolute atomic E-state index is 0.00736. The largest absolute Gasteiger partial charge is 0.396 e. The second-order valence-corrected chi connectivity index (χ2v) is 6.27. The number of amides is 1. The highest BCUT2D eigenvalue weighted by atomic mass is 16.3. The van der Waals surface area contributed by atoms with E-state index in [0.717, 1.165) is 11.1 Å². The first-order chi connectivity index (χ1) is 12.1. The van der Waals surface area contributed by atoms with E-state index in [1.165, 1.54) is 6.08 Å². The maximum atomic E-state index is 12.5. The van der Waals surface area contributed by atoms with Crippen LogP contribution in [0.25, 0.3) is 6.08 Å². The Morgan fingerprint density at radius 3 is 2.92 bits per heavy atom. The number of carbonyl (C=O) groups is 1. The van der Waals surface area contributed by atoms with Crippen LogP contribution >= 0.6 is 0 Å². The number of aliphatic hydroxyl groups excluding tert-OH is 1. The van der Waals surface area contributed by atoms with Crippen LogP contribution in [0.4, 0.5) is 0 Å². The lowest BCUT2D eigenvalue weighted by atomic mass is 9.92. The van der Waals surface area contributed by atoms with Crippen molar-refractivity contribution in [1.29, 1.82) is 5.26 Å². The number of benzene rings is 1. The Hall–Kier alpha value is -2.91. The Bertz CT molecular complexity index is 834. The molecule has 0 radical (unpaired) electrons. The predicted octanol–water partition coefficient (Wildman–Crippen LogP) is 1.54. The van der Waals surface area contributed by atoms with Crippen LogP contribution in [0.3, 0.4) is 0 Å². The molecule has 128 valence electrons. The molecule has 3 rings (SSSR count). The highest BCUT2D eigenvalue weighted by Crippen LogP contribution is 2.32. The first-order valence-electron chi connectivity index (χ1n) is 8.18. The normalized spacial score (nSPS) is 20.1. The van der Waals surface area contributed by atoms with E-state index in [2.05, 4.69) is 11.2 Å². The minimum atomic E-state index is -0.113. The monoisotopic (exact) mass is 336 g/mol. The van der Waals surface area contributed by atoms with Gasteiger partial charge in [-0.05, 0) is 23.3 Å². The zero-order valence-corrected chi connectivity index (χ0v) is 14.0. The standard InChI is InChI=1S/C19H20N4O2/c1-22-10-16(9-21-22)18-12-23(11-17(18)13-24)19(25)7-6-14-4-2-3-5-15(14)8-20/h2-7,9-10,17-18,24H,11-13H2,1H3/b7-6+/t17-,18-/m0/s1. The number of hydrogen-bond donors (Lipinski definition) is 1. The van der Waals surface area contributed by atoms with Gasteiger partial charge in [-0.3, -0.25) is 9.48 Å². The number of hydrogen-bond acceptors (Lipinski definition) is 4. The van der Waals surface area contributed by atoms with Crippen LogP contribution in [0.1, 0.15) is 22.6 Å². The molecule has 0 unspecified atom stereocenters. The number of likely N-dealkylation sites (tertiary alicyclic amines) is 1. The highest BCUT2D eigenvalue weighted by Gasteiger charge is 2.35. The molecule has 2 atom stereocenters. The first-order valence-corrected chi connectivity index (χ1v) is 8.18. The predicted molar refractivity (Wildman–Crippen MR) is 93.3 cm³/mol. The summed E-state index contributed by atoms with van der Waals surface area (Å²) < 4.78 is 1.73. The average Bonchev–Trinajstić information content (AvgIpc) is 3.25. The lowest BCUT2D eigenvalue weighted by Gasteiger charge is -2.13. The molecule has 2 aromatic rings. The number of aromatic nitrogens is 2. The van der Waals surface area contributed by atoms with Crippen LogP contribution in [0.5, 0.6) is 0 Å². The summed E-state index contributed by atoms with van der Waals surface area (Å²) in [6.07, 6.45) is 6.89. The number of carbonyl (C=O) groups excluding carboxylic acids is 1. The van der Waals surface area contributed by atoms with Gasteiger partial charge in [0.25, 0.3) is 0 Å². The topological polar surface area (TPSA) is 82.2 Å². The molecule has 6 heteroatoms. The molecule has 1 aliphatic rings. The Labute approximate surface area is 146 Å². The molecule has 6 nitrogen and oxygen atoms in total. The van der Waals surface area contributed by atoms with E-state index in [1.807, 2.05) is 19.3 Å². The Balaban J connectivity index is 1.73. The number of aliphatic hydroxyl groups is 1. The molecule has 1 amide bonds. The fourth-order valence-corrected chi connectivity index (χ4v) is 3.26. The van der Waals surface area contributed by atoms with Gasteiger partial charge in [-0.2, -0.15) is 10.4 Å². The fraction of sp³-hybridized carbons (Fsp3) is 0.316. The fourth-order valence-electron chi connectivity index (χ4n) is 3.26. The van der Waals surface area contributed by atoms with Gasteiger partial charge in [-0.25, -0.2) is 0 Å². The SMILES string of the molecule is Cn1cc([C@@H]2CN(C(=O)/C=C/c3ccccc3C#N)C[C@H]2CO)cn1. The van der Waals surface area contributed by atoms with Crippen LogP contribution in [0.15, 0.2) is 42.7 Å². The zero-order chi connectivity index (χ0) is 17.8. The summed E-state index contributed by atoms with van der Waals surface area (Å²) in [6, 6.07) is 9.28. The molecule has 0 saturated carbocycles. The quantitative estimate of drug-likeness (QED) is 0.859. The molecule has 0 aliphatic carbocycles. The summed E-state index contributed by atoms with van der Waals surface area (Å²) in [5, 5.41) is 23.0. The lowest BCUT2D eigenvalue weighted by molar-refractivity contribution is -0.125. The molecule has 0 spiro atoms. The van der Waals surface area contributed by atoms with Crippen LogP contribution in [-0.2, 0) is 11.8 Å². The van der Waals surface area contributed by atoms with Gasteiger partial charge < -0.3 is 10.0 Å². The molecule has 1 saturated heterocycles. The zero-order valence-electron chi connectivity index (χ0n) is 14.0. The summed E-state index contributed by atoms with van der Waals surface area (Å²) in [5.41, 5.74) is 2.30. The molecule has 1 fully saturated rings. The van der Waals surface area contributed by atoms with E-state index >= 15 is 0 Å². The average molecular weight is 336 g/mol. The third kappa shape index (κ3) is 3.62. The van der Waals surface area contributed by atoms with Crippen LogP contribution in [0, 0.1) is 17.2 Å². The maximum Gasteiger partial charge on any atom is 0.246 e. The van der Waals surface area contributed by atoms with Crippen molar-refractivity contribution in [3.63, 3.8) is 0 Å². The number of aryl methyl sites for hydroxylation is 1. The summed E-state index contributed by atoms with van der Waals surface area (Å²) in [6.45, 7) is 1.10. The van der Waals surface area contributed by atoms with Gasteiger partial charge in [0.05, 0.1) is 17.8 Å². The van der Waals surface area contributed by atoms with Gasteiger partial charge in [0, 0.05) is 50.9 Å². The molecule has 1 aromatic heterocycles. The number of nitriles is 1. The minimum Gasteiger partial charge on any atom is -0.396 e. The van der Waals surface area contributed by atoms with E-state index in [-0.39, 0.29) is 24.3 Å². The van der Waals surface area contributed by atoms with E-state index in [9.17, 15) is 9.90 Å². The van der Waals surface area contributed by atoms with Crippen molar-refractivity contribution < 1.29 is 9.90 Å². The van der Waals surface area contributed by atoms with Crippen molar-refractivity contribution in [3.8, 4) is 6.07 Å². The third-order valence-electron chi connectivity index (χ3n) is 4.63. The van der Waals surface area contributed by atoms with Crippen molar-refractivity contribution >= 4 is 12.0 Å². The van der Waals surface area contributed by atoms with Crippen molar-refractivity contribution in [1.82, 2.24) is 14.7 Å². The van der Waals surface area contributed by atoms with Gasteiger partial charge in [0.15, 0.2) is 0 Å². The molecule has 1 aliphatic heterocycles. The Morgan fingerprint density at radius 2 is 2.24 bits per heavy atom. The Morgan fingerprint density at radius 1 is 1.44 bits per heavy atom. The van der Waals surface area contributed by atoms with Gasteiger partial charge in [-0.15, -0.1) is 0 Å². The van der Waals surface area contributed by atoms with Gasteiger partial charge in [-0.1, -0.05) is 18.2 Å². The van der Waals surface area contributed by atoms with Crippen molar-refractivity contribution in [2.75, 3.05) is 19.7 Å². The van der Waals surface area contributed by atoms with Crippen molar-refractivity contribution in [2.45, 2.75) is 5.92 Å². The third-order valence-corrected chi connectivity index (χ3v) is 4.63. The van der Waals surface area contributed by atoms with Gasteiger partial charge in [0.1, 0.15) is 0 Å². The molecular formula is C19H20N4O2. The number of nitrogens with zero attached hydrogens (tertiary/aromatic N) is 4. The molecule has 25 heavy (non-hydrogen) atoms. The first kappa shape index (κ1) is 16.9. The van der Waals surface area contributed by atoms with Crippen LogP contribution in [-0.4, -0.2) is 45.4 Å². The van der Waals surface area contributed by atoms with Crippen LogP contribution < -0.4 is 0 Å². The summed E-state index contributed by atoms with van der Waals surface area (Å²) in [5.74, 6) is -0.0204. The van der Waals surface area contributed by atoms with E-state index in [0.29, 0.717) is 18.7 Å². The molecule has 1 N–H and O–H groups in total. The summed E-state index contributed by atoms with van der Waals surface area (Å²) in [4.78, 5) is 14.3. The maximum absolute atomic E-state index is 12.5. The highest BCUT2D eigenvalue weighted by molar-refractivity contribution is 5.92. The lowest BCUT2D eigenvalue weighted by Crippen LogP contribution is -2.27. The van der Waals surface area contributed by atoms with Crippen molar-refractivity contribution in [3.05, 3.63) is 59.4 Å². The molecule has 2 heterocycles. The van der Waals surface area contributed by atoms with Crippen LogP contribution in [0.2, 0.25) is 0 Å². The van der Waals surface area contributed by atoms with E-state index in [4.69, 9.17) is 5.26 Å². The van der Waals surface area contributed by atoms with E-state index < -0.39 is 0 Å². The van der Waals surface area contributed by atoms with Gasteiger partial charge >= 0.3 is 0 Å². The van der Waals surface area contributed by atoms with Crippen molar-refractivity contribution in [2.24, 2.45) is 13.0 Å². The summed E-state index contributed by atoms with van der Waals surface area (Å²) in [7, 11) is 1.85. The van der Waals surface area contributed by atoms with Gasteiger partial charge in [0.2, 0.25) is 5.91 Å². The molecule has 0 bridgehead atoms. The second kappa shape index (κ2) is 7.32. The smallest absolute Gasteiger partial charge is 0.246 e. The molecule has 1 aromatic carbocycles. The number of rotatable bonds is 4. The molecular weight excluding hydrogens is 316 g/mol. The Kier molecular flexibility index (Phi) is 4.96.